The number of halogens is 2. The molecule has 2 aromatic carbocycles. The second kappa shape index (κ2) is 17.7. The summed E-state index contributed by atoms with van der Waals surface area (Å²) in [6.07, 6.45) is 3.86. The Balaban J connectivity index is 1.38. The minimum Gasteiger partial charge on any atom is -0.352 e. The van der Waals surface area contributed by atoms with Crippen LogP contribution < -0.4 is 21.3 Å². The van der Waals surface area contributed by atoms with Crippen molar-refractivity contribution in [1.82, 2.24) is 45.6 Å². The molecule has 0 radical (unpaired) electrons. The number of rotatable bonds is 15. The van der Waals surface area contributed by atoms with Crippen LogP contribution in [0.2, 0.25) is 0 Å². The number of fused-ring (bicyclic) bond motifs is 2. The smallest absolute Gasteiger partial charge is 0.245 e. The van der Waals surface area contributed by atoms with Crippen LogP contribution in [0, 0.1) is 17.6 Å². The van der Waals surface area contributed by atoms with Gasteiger partial charge >= 0.3 is 0 Å². The van der Waals surface area contributed by atoms with Crippen molar-refractivity contribution in [2.24, 2.45) is 5.92 Å². The number of carbonyl (C=O) groups excluding carboxylic acids is 4. The Morgan fingerprint density at radius 3 is 2.11 bits per heavy atom. The number of amides is 4. The lowest BCUT2D eigenvalue weighted by atomic mass is 9.99. The Hall–Kier alpha value is -4.89. The highest BCUT2D eigenvalue weighted by Crippen LogP contribution is 2.37. The van der Waals surface area contributed by atoms with E-state index < -0.39 is 35.8 Å². The fourth-order valence-electron chi connectivity index (χ4n) is 8.28. The normalized spacial score (nSPS) is 19.3. The minimum absolute atomic E-state index is 0.144. The molecule has 15 heteroatoms. The summed E-state index contributed by atoms with van der Waals surface area (Å²) in [4.78, 5) is 66.0. The summed E-state index contributed by atoms with van der Waals surface area (Å²) in [6.45, 7) is 10.6. The molecule has 4 heterocycles. The Labute approximate surface area is 332 Å². The lowest BCUT2D eigenvalue weighted by Crippen LogP contribution is -2.55. The lowest BCUT2D eigenvalue weighted by molar-refractivity contribution is -0.139. The molecule has 4 aromatic rings. The van der Waals surface area contributed by atoms with Crippen molar-refractivity contribution in [3.8, 4) is 11.5 Å². The molecule has 308 valence electrons. The number of imidazole rings is 1. The zero-order valence-corrected chi connectivity index (χ0v) is 34.0. The van der Waals surface area contributed by atoms with E-state index in [0.717, 1.165) is 30.2 Å². The summed E-state index contributed by atoms with van der Waals surface area (Å²) >= 11 is 0. The summed E-state index contributed by atoms with van der Waals surface area (Å²) in [5.41, 5.74) is 3.13. The Kier molecular flexibility index (Phi) is 13.0. The number of nitrogens with zero attached hydrogens (tertiary/aromatic N) is 4. The highest BCUT2D eigenvalue weighted by atomic mass is 19.1. The van der Waals surface area contributed by atoms with Gasteiger partial charge in [0.1, 0.15) is 23.7 Å². The largest absolute Gasteiger partial charge is 0.352 e. The minimum atomic E-state index is -0.721. The molecule has 0 spiro atoms. The maximum absolute atomic E-state index is 14.8. The van der Waals surface area contributed by atoms with Crippen LogP contribution in [-0.4, -0.2) is 111 Å². The van der Waals surface area contributed by atoms with Crippen LogP contribution in [0.15, 0.2) is 36.4 Å². The summed E-state index contributed by atoms with van der Waals surface area (Å²) < 4.78 is 31.5. The van der Waals surface area contributed by atoms with Crippen LogP contribution >= 0.6 is 0 Å². The van der Waals surface area contributed by atoms with E-state index in [4.69, 9.17) is 4.98 Å². The number of carbonyl (C=O) groups is 4. The zero-order chi connectivity index (χ0) is 41.1. The molecule has 5 N–H and O–H groups in total. The standard InChI is InChI=1S/C42H57F2N9O4/c1-8-32(49-39(54)24(4)45-6)41(56)51-17-9-11-28(51)21-31-30-15-13-26(43)19-33(30)47-37(31)38-48-34-20-27(44)14-16-35(34)53(38)22-29-12-10-18-52(29)42(57)36(23(2)3)50-40(55)25(5)46-7/h13-16,19-20,23-25,28-29,32,36,45-47H,8-12,17-18,21-22H2,1-7H3,(H,49,54)(H,50,55). The van der Waals surface area contributed by atoms with Crippen LogP contribution in [0.25, 0.3) is 33.5 Å². The number of likely N-dealkylation sites (N-methyl/N-ethyl adjacent to an activating group) is 2. The first kappa shape index (κ1) is 41.7. The quantitative estimate of drug-likeness (QED) is 0.121. The molecule has 2 aromatic heterocycles. The molecule has 0 bridgehead atoms. The number of aromatic amines is 1. The number of nitrogens with one attached hydrogen (secondary N) is 5. The second-order valence-electron chi connectivity index (χ2n) is 15.9. The number of H-pyrrole nitrogens is 1. The number of likely N-dealkylation sites (tertiary alicyclic amines) is 2. The molecule has 6 atom stereocenters. The van der Waals surface area contributed by atoms with Crippen molar-refractivity contribution in [3.05, 3.63) is 53.6 Å². The van der Waals surface area contributed by atoms with Crippen LogP contribution in [0.3, 0.4) is 0 Å². The Morgan fingerprint density at radius 1 is 0.842 bits per heavy atom. The highest BCUT2D eigenvalue weighted by molar-refractivity contribution is 5.93. The molecule has 0 saturated carbocycles. The second-order valence-corrected chi connectivity index (χ2v) is 15.9. The fourth-order valence-corrected chi connectivity index (χ4v) is 8.28. The van der Waals surface area contributed by atoms with E-state index in [1.807, 2.05) is 35.1 Å². The lowest BCUT2D eigenvalue weighted by Gasteiger charge is -2.32. The number of benzene rings is 2. The van der Waals surface area contributed by atoms with Crippen LogP contribution in [0.1, 0.15) is 72.3 Å². The van der Waals surface area contributed by atoms with Gasteiger partial charge in [-0.1, -0.05) is 20.8 Å². The molecule has 2 aliphatic heterocycles. The zero-order valence-electron chi connectivity index (χ0n) is 34.0. The van der Waals surface area contributed by atoms with Gasteiger partial charge < -0.3 is 40.6 Å². The van der Waals surface area contributed by atoms with E-state index in [-0.39, 0.29) is 41.6 Å². The van der Waals surface area contributed by atoms with Crippen molar-refractivity contribution in [3.63, 3.8) is 0 Å². The van der Waals surface area contributed by atoms with Gasteiger partial charge in [-0.3, -0.25) is 19.2 Å². The molecule has 2 fully saturated rings. The predicted molar refractivity (Wildman–Crippen MR) is 216 cm³/mol. The number of hydrogen-bond acceptors (Lipinski definition) is 7. The monoisotopic (exact) mass is 789 g/mol. The topological polar surface area (TPSA) is 156 Å². The Bertz CT molecular complexity index is 2120. The van der Waals surface area contributed by atoms with Crippen molar-refractivity contribution in [2.75, 3.05) is 27.2 Å². The van der Waals surface area contributed by atoms with Gasteiger partial charge in [0.05, 0.1) is 28.8 Å². The molecule has 0 aliphatic carbocycles. The molecule has 6 rings (SSSR count). The summed E-state index contributed by atoms with van der Waals surface area (Å²) in [6, 6.07) is 6.24. The van der Waals surface area contributed by atoms with Gasteiger partial charge in [-0.25, -0.2) is 13.8 Å². The summed E-state index contributed by atoms with van der Waals surface area (Å²) in [5, 5.41) is 12.5. The van der Waals surface area contributed by atoms with E-state index in [9.17, 15) is 28.0 Å². The van der Waals surface area contributed by atoms with Crippen molar-refractivity contribution in [2.45, 2.75) is 116 Å². The van der Waals surface area contributed by atoms with Crippen LogP contribution in [0.4, 0.5) is 8.78 Å². The first-order valence-corrected chi connectivity index (χ1v) is 20.3. The average molecular weight is 790 g/mol. The summed E-state index contributed by atoms with van der Waals surface area (Å²) in [7, 11) is 3.39. The molecular formula is C42H57F2N9O4. The van der Waals surface area contributed by atoms with Crippen molar-refractivity contribution in [1.29, 1.82) is 0 Å². The van der Waals surface area contributed by atoms with Gasteiger partial charge in [0.2, 0.25) is 23.6 Å². The fraction of sp³-hybridized carbons (Fsp3) is 0.548. The van der Waals surface area contributed by atoms with Crippen LogP contribution in [0.5, 0.6) is 0 Å². The highest BCUT2D eigenvalue weighted by Gasteiger charge is 2.38. The van der Waals surface area contributed by atoms with Crippen molar-refractivity contribution < 1.29 is 28.0 Å². The molecule has 13 nitrogen and oxygen atoms in total. The van der Waals surface area contributed by atoms with E-state index in [1.54, 1.807) is 40.1 Å². The van der Waals surface area contributed by atoms with Gasteiger partial charge in [0, 0.05) is 48.7 Å². The van der Waals surface area contributed by atoms with Gasteiger partial charge in [0.15, 0.2) is 5.82 Å². The summed E-state index contributed by atoms with van der Waals surface area (Å²) in [5.74, 6) is -1.31. The van der Waals surface area contributed by atoms with Crippen molar-refractivity contribution >= 4 is 45.6 Å². The third-order valence-corrected chi connectivity index (χ3v) is 11.9. The molecule has 4 amide bonds. The van der Waals surface area contributed by atoms with Gasteiger partial charge in [-0.15, -0.1) is 0 Å². The molecular weight excluding hydrogens is 733 g/mol. The van der Waals surface area contributed by atoms with E-state index >= 15 is 0 Å². The molecule has 6 unspecified atom stereocenters. The van der Waals surface area contributed by atoms with E-state index in [2.05, 4.69) is 26.3 Å². The maximum Gasteiger partial charge on any atom is 0.245 e. The SMILES string of the molecule is CCC(NC(=O)C(C)NC)C(=O)N1CCCC1Cc1c(-c2nc3cc(F)ccc3n2CC2CCCN2C(=O)C(NC(=O)C(C)NC)C(C)C)[nH]c2cc(F)ccc12. The third-order valence-electron chi connectivity index (χ3n) is 11.9. The predicted octanol–water partition coefficient (Wildman–Crippen LogP) is 4.24. The Morgan fingerprint density at radius 2 is 1.46 bits per heavy atom. The number of aromatic nitrogens is 3. The maximum atomic E-state index is 14.8. The first-order chi connectivity index (χ1) is 27.3. The van der Waals surface area contributed by atoms with E-state index in [0.29, 0.717) is 67.0 Å². The van der Waals surface area contributed by atoms with Gasteiger partial charge in [0.25, 0.3) is 0 Å². The first-order valence-electron chi connectivity index (χ1n) is 20.3. The number of hydrogen-bond donors (Lipinski definition) is 5. The van der Waals surface area contributed by atoms with E-state index in [1.165, 1.54) is 24.3 Å². The molecule has 2 saturated heterocycles. The van der Waals surface area contributed by atoms with Crippen LogP contribution in [-0.2, 0) is 32.1 Å². The molecule has 57 heavy (non-hydrogen) atoms. The van der Waals surface area contributed by atoms with Gasteiger partial charge in [-0.05, 0) is 108 Å². The average Bonchev–Trinajstić information content (AvgIpc) is 4.00. The molecule has 2 aliphatic rings. The third kappa shape index (κ3) is 8.69. The van der Waals surface area contributed by atoms with Gasteiger partial charge in [-0.2, -0.15) is 0 Å².